The number of rotatable bonds is 10. The summed E-state index contributed by atoms with van der Waals surface area (Å²) < 4.78 is 0. The van der Waals surface area contributed by atoms with Crippen molar-refractivity contribution in [2.24, 2.45) is 0 Å². The number of nitrogens with two attached hydrogens (primary N) is 1. The molecule has 0 fully saturated rings. The Morgan fingerprint density at radius 1 is 0.958 bits per heavy atom. The number of benzene rings is 1. The van der Waals surface area contributed by atoms with Crippen LogP contribution in [-0.4, -0.2) is 16.5 Å². The molecule has 3 N–H and O–H groups in total. The molecule has 24 heavy (non-hydrogen) atoms. The molecule has 1 aromatic heterocycles. The Morgan fingerprint density at radius 3 is 2.46 bits per heavy atom. The van der Waals surface area contributed by atoms with Gasteiger partial charge in [-0.2, -0.15) is 4.98 Å². The van der Waals surface area contributed by atoms with Crippen LogP contribution >= 0.6 is 0 Å². The second-order valence-corrected chi connectivity index (χ2v) is 6.32. The number of hydrogen-bond acceptors (Lipinski definition) is 4. The van der Waals surface area contributed by atoms with Gasteiger partial charge in [-0.1, -0.05) is 50.1 Å². The number of aromatic nitrogens is 2. The van der Waals surface area contributed by atoms with E-state index in [1.807, 2.05) is 6.92 Å². The van der Waals surface area contributed by atoms with Crippen molar-refractivity contribution in [2.45, 2.75) is 58.8 Å². The predicted octanol–water partition coefficient (Wildman–Crippen LogP) is 4.53. The van der Waals surface area contributed by atoms with Crippen molar-refractivity contribution in [1.82, 2.24) is 9.97 Å². The van der Waals surface area contributed by atoms with Crippen LogP contribution in [-0.2, 0) is 12.8 Å². The summed E-state index contributed by atoms with van der Waals surface area (Å²) in [7, 11) is 0. The van der Waals surface area contributed by atoms with Crippen molar-refractivity contribution in [3.63, 3.8) is 0 Å². The molecule has 0 bridgehead atoms. The van der Waals surface area contributed by atoms with E-state index in [0.717, 1.165) is 43.7 Å². The number of anilines is 2. The van der Waals surface area contributed by atoms with E-state index in [1.54, 1.807) is 0 Å². The third kappa shape index (κ3) is 5.84. The highest BCUT2D eigenvalue weighted by Gasteiger charge is 2.10. The van der Waals surface area contributed by atoms with E-state index >= 15 is 0 Å². The van der Waals surface area contributed by atoms with E-state index < -0.39 is 0 Å². The molecule has 4 nitrogen and oxygen atoms in total. The molecule has 0 unspecified atom stereocenters. The molecule has 0 aliphatic heterocycles. The van der Waals surface area contributed by atoms with Gasteiger partial charge in [-0.05, 0) is 44.6 Å². The summed E-state index contributed by atoms with van der Waals surface area (Å²) in [5.74, 6) is 1.29. The summed E-state index contributed by atoms with van der Waals surface area (Å²) in [6, 6.07) is 10.7. The van der Waals surface area contributed by atoms with E-state index in [0.29, 0.717) is 5.95 Å². The van der Waals surface area contributed by atoms with Crippen LogP contribution in [0.5, 0.6) is 0 Å². The normalized spacial score (nSPS) is 10.8. The minimum absolute atomic E-state index is 0.360. The topological polar surface area (TPSA) is 63.8 Å². The molecular formula is C20H30N4. The van der Waals surface area contributed by atoms with E-state index in [4.69, 9.17) is 5.73 Å². The van der Waals surface area contributed by atoms with Crippen LogP contribution < -0.4 is 11.1 Å². The smallest absolute Gasteiger partial charge is 0.222 e. The lowest BCUT2D eigenvalue weighted by Gasteiger charge is -2.13. The number of nitrogen functional groups attached to an aromatic ring is 1. The van der Waals surface area contributed by atoms with Gasteiger partial charge in [0.2, 0.25) is 5.95 Å². The first kappa shape index (κ1) is 18.2. The Labute approximate surface area is 145 Å². The minimum atomic E-state index is 0.360. The third-order valence-corrected chi connectivity index (χ3v) is 4.29. The fraction of sp³-hybridized carbons (Fsp3) is 0.500. The number of hydrogen-bond donors (Lipinski definition) is 2. The first-order valence-electron chi connectivity index (χ1n) is 9.11. The van der Waals surface area contributed by atoms with Crippen molar-refractivity contribution in [1.29, 1.82) is 0 Å². The third-order valence-electron chi connectivity index (χ3n) is 4.29. The number of unbranched alkanes of at least 4 members (excludes halogenated alkanes) is 3. The van der Waals surface area contributed by atoms with Crippen molar-refractivity contribution in [2.75, 3.05) is 17.6 Å². The summed E-state index contributed by atoms with van der Waals surface area (Å²) in [6.45, 7) is 5.16. The zero-order valence-corrected chi connectivity index (χ0v) is 15.0. The quantitative estimate of drug-likeness (QED) is 0.629. The Kier molecular flexibility index (Phi) is 7.53. The van der Waals surface area contributed by atoms with Gasteiger partial charge in [-0.25, -0.2) is 4.98 Å². The molecule has 0 radical (unpaired) electrons. The van der Waals surface area contributed by atoms with Crippen molar-refractivity contribution >= 4 is 11.8 Å². The van der Waals surface area contributed by atoms with Gasteiger partial charge >= 0.3 is 0 Å². The van der Waals surface area contributed by atoms with Crippen molar-refractivity contribution in [3.05, 3.63) is 47.2 Å². The second kappa shape index (κ2) is 9.91. The minimum Gasteiger partial charge on any atom is -0.370 e. The van der Waals surface area contributed by atoms with Gasteiger partial charge in [0.05, 0.1) is 0 Å². The highest BCUT2D eigenvalue weighted by molar-refractivity contribution is 5.49. The zero-order chi connectivity index (χ0) is 17.2. The highest BCUT2D eigenvalue weighted by atomic mass is 15.1. The maximum absolute atomic E-state index is 5.81. The summed E-state index contributed by atoms with van der Waals surface area (Å²) in [4.78, 5) is 8.74. The van der Waals surface area contributed by atoms with Gasteiger partial charge < -0.3 is 11.1 Å². The van der Waals surface area contributed by atoms with Crippen molar-refractivity contribution in [3.8, 4) is 0 Å². The molecule has 0 amide bonds. The van der Waals surface area contributed by atoms with E-state index in [9.17, 15) is 0 Å². The molecule has 2 rings (SSSR count). The van der Waals surface area contributed by atoms with Crippen LogP contribution in [0.15, 0.2) is 30.3 Å². The fourth-order valence-electron chi connectivity index (χ4n) is 2.90. The molecule has 130 valence electrons. The van der Waals surface area contributed by atoms with Crippen LogP contribution in [0.25, 0.3) is 0 Å². The Morgan fingerprint density at radius 2 is 1.71 bits per heavy atom. The summed E-state index contributed by atoms with van der Waals surface area (Å²) in [5, 5.41) is 3.43. The molecular weight excluding hydrogens is 296 g/mol. The molecule has 4 heteroatoms. The maximum atomic E-state index is 5.81. The summed E-state index contributed by atoms with van der Waals surface area (Å²) in [5.41, 5.74) is 9.46. The number of aryl methyl sites for hydroxylation is 2. The molecule has 0 aliphatic rings. The SMILES string of the molecule is CCCCNc1nc(N)nc(C)c1CCCCCc1ccccc1. The number of nitrogens with zero attached hydrogens (tertiary/aromatic N) is 2. The maximum Gasteiger partial charge on any atom is 0.222 e. The summed E-state index contributed by atoms with van der Waals surface area (Å²) >= 11 is 0. The second-order valence-electron chi connectivity index (χ2n) is 6.32. The Bertz CT molecular complexity index is 611. The van der Waals surface area contributed by atoms with Crippen LogP contribution in [0.2, 0.25) is 0 Å². The molecule has 0 saturated carbocycles. The van der Waals surface area contributed by atoms with E-state index in [1.165, 1.54) is 30.4 Å². The van der Waals surface area contributed by atoms with Crippen LogP contribution in [0.4, 0.5) is 11.8 Å². The van der Waals surface area contributed by atoms with E-state index in [-0.39, 0.29) is 0 Å². The largest absolute Gasteiger partial charge is 0.370 e. The van der Waals surface area contributed by atoms with Crippen molar-refractivity contribution < 1.29 is 0 Å². The Balaban J connectivity index is 1.84. The zero-order valence-electron chi connectivity index (χ0n) is 15.0. The van der Waals surface area contributed by atoms with Crippen LogP contribution in [0, 0.1) is 6.92 Å². The fourth-order valence-corrected chi connectivity index (χ4v) is 2.90. The first-order chi connectivity index (χ1) is 11.7. The van der Waals surface area contributed by atoms with Gasteiger partial charge in [-0.3, -0.25) is 0 Å². The average molecular weight is 326 g/mol. The van der Waals surface area contributed by atoms with E-state index in [2.05, 4.69) is 52.5 Å². The van der Waals surface area contributed by atoms with Gasteiger partial charge in [0.1, 0.15) is 5.82 Å². The lowest BCUT2D eigenvalue weighted by molar-refractivity contribution is 0.674. The van der Waals surface area contributed by atoms with Crippen LogP contribution in [0.3, 0.4) is 0 Å². The highest BCUT2D eigenvalue weighted by Crippen LogP contribution is 2.20. The van der Waals surface area contributed by atoms with Gasteiger partial charge in [0.15, 0.2) is 0 Å². The molecule has 0 spiro atoms. The van der Waals surface area contributed by atoms with Crippen LogP contribution in [0.1, 0.15) is 55.8 Å². The predicted molar refractivity (Wildman–Crippen MR) is 102 cm³/mol. The standard InChI is InChI=1S/C20H30N4/c1-3-4-15-22-19-18(16(2)23-20(21)24-19)14-10-6-9-13-17-11-7-5-8-12-17/h5,7-8,11-12H,3-4,6,9-10,13-15H2,1-2H3,(H3,21,22,23,24). The Hall–Kier alpha value is -2.10. The molecule has 0 aliphatic carbocycles. The lowest BCUT2D eigenvalue weighted by Crippen LogP contribution is -2.11. The molecule has 1 heterocycles. The van der Waals surface area contributed by atoms with Gasteiger partial charge in [-0.15, -0.1) is 0 Å². The molecule has 0 atom stereocenters. The summed E-state index contributed by atoms with van der Waals surface area (Å²) in [6.07, 6.45) is 8.06. The molecule has 0 saturated heterocycles. The lowest BCUT2D eigenvalue weighted by atomic mass is 10.0. The van der Waals surface area contributed by atoms with Gasteiger partial charge in [0, 0.05) is 17.8 Å². The number of nitrogens with one attached hydrogen (secondary N) is 1. The monoisotopic (exact) mass is 326 g/mol. The molecule has 2 aromatic rings. The van der Waals surface area contributed by atoms with Gasteiger partial charge in [0.25, 0.3) is 0 Å². The average Bonchev–Trinajstić information content (AvgIpc) is 2.57. The molecule has 1 aromatic carbocycles. The first-order valence-corrected chi connectivity index (χ1v) is 9.11.